The summed E-state index contributed by atoms with van der Waals surface area (Å²) in [5, 5.41) is 3.74. The fourth-order valence-electron chi connectivity index (χ4n) is 2.02. The standard InChI is InChI=1S/C18H23N3O3S/c1-4-6-11-24-14-9-7-13(8-10-14)20-16-15(17(22)23-5-2)12-19-18(21-16)25-3/h7-10,12H,4-6,11H2,1-3H3,(H,19,20,21). The number of anilines is 2. The maximum Gasteiger partial charge on any atom is 0.343 e. The molecule has 1 aromatic heterocycles. The van der Waals surface area contributed by atoms with Gasteiger partial charge in [0.05, 0.1) is 13.2 Å². The molecule has 0 fully saturated rings. The zero-order valence-electron chi connectivity index (χ0n) is 14.7. The molecule has 0 bridgehead atoms. The molecular weight excluding hydrogens is 338 g/mol. The van der Waals surface area contributed by atoms with E-state index < -0.39 is 5.97 Å². The highest BCUT2D eigenvalue weighted by atomic mass is 32.2. The van der Waals surface area contributed by atoms with E-state index >= 15 is 0 Å². The first kappa shape index (κ1) is 19.1. The fraction of sp³-hybridized carbons (Fsp3) is 0.389. The van der Waals surface area contributed by atoms with Gasteiger partial charge in [0.2, 0.25) is 0 Å². The van der Waals surface area contributed by atoms with Gasteiger partial charge in [0.15, 0.2) is 5.16 Å². The van der Waals surface area contributed by atoms with Crippen molar-refractivity contribution in [3.63, 3.8) is 0 Å². The summed E-state index contributed by atoms with van der Waals surface area (Å²) in [5.74, 6) is 0.798. The Labute approximate surface area is 152 Å². The summed E-state index contributed by atoms with van der Waals surface area (Å²) in [7, 11) is 0. The van der Waals surface area contributed by atoms with Crippen molar-refractivity contribution in [1.82, 2.24) is 9.97 Å². The number of hydrogen-bond acceptors (Lipinski definition) is 7. The Morgan fingerprint density at radius 2 is 2.00 bits per heavy atom. The number of esters is 1. The number of ether oxygens (including phenoxy) is 2. The predicted octanol–water partition coefficient (Wildman–Crippen LogP) is 4.30. The van der Waals surface area contributed by atoms with Crippen molar-refractivity contribution in [2.24, 2.45) is 0 Å². The lowest BCUT2D eigenvalue weighted by atomic mass is 10.2. The molecule has 1 heterocycles. The minimum atomic E-state index is -0.447. The van der Waals surface area contributed by atoms with Crippen LogP contribution in [0, 0.1) is 0 Å². The second-order valence-corrected chi connectivity index (χ2v) is 5.96. The van der Waals surface area contributed by atoms with Crippen LogP contribution in [0.4, 0.5) is 11.5 Å². The predicted molar refractivity (Wildman–Crippen MR) is 99.9 cm³/mol. The summed E-state index contributed by atoms with van der Waals surface area (Å²) in [6, 6.07) is 7.55. The summed E-state index contributed by atoms with van der Waals surface area (Å²) in [6.07, 6.45) is 5.50. The first-order chi connectivity index (χ1) is 12.2. The van der Waals surface area contributed by atoms with Crippen LogP contribution in [0.1, 0.15) is 37.0 Å². The molecule has 0 unspecified atom stereocenters. The molecule has 6 nitrogen and oxygen atoms in total. The first-order valence-corrected chi connectivity index (χ1v) is 9.48. The van der Waals surface area contributed by atoms with Gasteiger partial charge in [-0.05, 0) is 43.9 Å². The van der Waals surface area contributed by atoms with Crippen LogP contribution in [0.5, 0.6) is 5.75 Å². The molecule has 2 rings (SSSR count). The van der Waals surface area contributed by atoms with E-state index in [9.17, 15) is 4.79 Å². The topological polar surface area (TPSA) is 73.3 Å². The Kier molecular flexibility index (Phi) is 7.53. The lowest BCUT2D eigenvalue weighted by Gasteiger charge is -2.12. The molecule has 0 atom stereocenters. The number of carbonyl (C=O) groups is 1. The largest absolute Gasteiger partial charge is 0.494 e. The number of carbonyl (C=O) groups excluding carboxylic acids is 1. The van der Waals surface area contributed by atoms with Crippen LogP contribution in [-0.2, 0) is 4.74 Å². The van der Waals surface area contributed by atoms with Gasteiger partial charge in [-0.1, -0.05) is 25.1 Å². The van der Waals surface area contributed by atoms with E-state index in [0.29, 0.717) is 29.8 Å². The van der Waals surface area contributed by atoms with E-state index in [0.717, 1.165) is 24.3 Å². The molecule has 0 spiro atoms. The summed E-state index contributed by atoms with van der Waals surface area (Å²) in [5.41, 5.74) is 1.11. The van der Waals surface area contributed by atoms with Crippen molar-refractivity contribution in [2.75, 3.05) is 24.8 Å². The van der Waals surface area contributed by atoms with Gasteiger partial charge in [-0.25, -0.2) is 14.8 Å². The van der Waals surface area contributed by atoms with Crippen molar-refractivity contribution in [2.45, 2.75) is 31.8 Å². The number of rotatable bonds is 9. The molecule has 25 heavy (non-hydrogen) atoms. The maximum absolute atomic E-state index is 12.1. The summed E-state index contributed by atoms with van der Waals surface area (Å²) in [4.78, 5) is 20.6. The zero-order chi connectivity index (χ0) is 18.1. The van der Waals surface area contributed by atoms with Gasteiger partial charge < -0.3 is 14.8 Å². The third-order valence-electron chi connectivity index (χ3n) is 3.33. The Balaban J connectivity index is 2.16. The number of hydrogen-bond donors (Lipinski definition) is 1. The molecule has 1 N–H and O–H groups in total. The van der Waals surface area contributed by atoms with E-state index in [-0.39, 0.29) is 0 Å². The molecule has 0 saturated heterocycles. The maximum atomic E-state index is 12.1. The van der Waals surface area contributed by atoms with Gasteiger partial charge in [0.25, 0.3) is 0 Å². The smallest absolute Gasteiger partial charge is 0.343 e. The molecular formula is C18H23N3O3S. The molecule has 1 aromatic carbocycles. The second kappa shape index (κ2) is 9.88. The number of aromatic nitrogens is 2. The molecule has 2 aromatic rings. The monoisotopic (exact) mass is 361 g/mol. The third kappa shape index (κ3) is 5.63. The van der Waals surface area contributed by atoms with Gasteiger partial charge in [0.1, 0.15) is 17.1 Å². The zero-order valence-corrected chi connectivity index (χ0v) is 15.6. The van der Waals surface area contributed by atoms with E-state index in [1.165, 1.54) is 18.0 Å². The summed E-state index contributed by atoms with van der Waals surface area (Å²) >= 11 is 1.41. The fourth-order valence-corrected chi connectivity index (χ4v) is 2.36. The lowest BCUT2D eigenvalue weighted by Crippen LogP contribution is -2.10. The van der Waals surface area contributed by atoms with Crippen LogP contribution < -0.4 is 10.1 Å². The van der Waals surface area contributed by atoms with E-state index in [1.807, 2.05) is 30.5 Å². The van der Waals surface area contributed by atoms with E-state index in [2.05, 4.69) is 22.2 Å². The second-order valence-electron chi connectivity index (χ2n) is 5.19. The van der Waals surface area contributed by atoms with Gasteiger partial charge in [-0.15, -0.1) is 0 Å². The van der Waals surface area contributed by atoms with Gasteiger partial charge in [-0.2, -0.15) is 0 Å². The summed E-state index contributed by atoms with van der Waals surface area (Å²) in [6.45, 7) is 4.90. The Morgan fingerprint density at radius 3 is 2.64 bits per heavy atom. The third-order valence-corrected chi connectivity index (χ3v) is 3.89. The average molecular weight is 361 g/mol. The van der Waals surface area contributed by atoms with Crippen LogP contribution in [-0.4, -0.2) is 35.4 Å². The quantitative estimate of drug-likeness (QED) is 0.309. The van der Waals surface area contributed by atoms with Gasteiger partial charge >= 0.3 is 5.97 Å². The first-order valence-electron chi connectivity index (χ1n) is 8.26. The normalized spacial score (nSPS) is 10.4. The van der Waals surface area contributed by atoms with Crippen molar-refractivity contribution >= 4 is 29.2 Å². The molecule has 0 aliphatic rings. The number of benzene rings is 1. The van der Waals surface area contributed by atoms with Crippen LogP contribution in [0.25, 0.3) is 0 Å². The number of nitrogens with zero attached hydrogens (tertiary/aromatic N) is 2. The molecule has 0 aliphatic heterocycles. The summed E-state index contributed by atoms with van der Waals surface area (Å²) < 4.78 is 10.7. The highest BCUT2D eigenvalue weighted by molar-refractivity contribution is 7.98. The van der Waals surface area contributed by atoms with Crippen LogP contribution in [0.15, 0.2) is 35.6 Å². The molecule has 0 radical (unpaired) electrons. The van der Waals surface area contributed by atoms with Gasteiger partial charge in [0, 0.05) is 11.9 Å². The van der Waals surface area contributed by atoms with Crippen LogP contribution in [0.2, 0.25) is 0 Å². The van der Waals surface area contributed by atoms with E-state index in [4.69, 9.17) is 9.47 Å². The molecule has 0 amide bonds. The molecule has 7 heteroatoms. The van der Waals surface area contributed by atoms with Crippen LogP contribution >= 0.6 is 11.8 Å². The number of thioether (sulfide) groups is 1. The number of unbranched alkanes of at least 4 members (excludes halogenated alkanes) is 1. The highest BCUT2D eigenvalue weighted by Gasteiger charge is 2.16. The van der Waals surface area contributed by atoms with Crippen LogP contribution in [0.3, 0.4) is 0 Å². The molecule has 0 aliphatic carbocycles. The van der Waals surface area contributed by atoms with Crippen molar-refractivity contribution in [1.29, 1.82) is 0 Å². The Morgan fingerprint density at radius 1 is 1.24 bits per heavy atom. The Hall–Kier alpha value is -2.28. The highest BCUT2D eigenvalue weighted by Crippen LogP contribution is 2.23. The minimum Gasteiger partial charge on any atom is -0.494 e. The minimum absolute atomic E-state index is 0.298. The number of nitrogens with one attached hydrogen (secondary N) is 1. The van der Waals surface area contributed by atoms with Crippen molar-refractivity contribution in [3.8, 4) is 5.75 Å². The SMILES string of the molecule is CCCCOc1ccc(Nc2nc(SC)ncc2C(=O)OCC)cc1. The van der Waals surface area contributed by atoms with E-state index in [1.54, 1.807) is 6.92 Å². The average Bonchev–Trinajstić information content (AvgIpc) is 2.63. The Bertz CT molecular complexity index is 692. The van der Waals surface area contributed by atoms with Crippen molar-refractivity contribution < 1.29 is 14.3 Å². The lowest BCUT2D eigenvalue weighted by molar-refractivity contribution is 0.0526. The molecule has 0 saturated carbocycles. The van der Waals surface area contributed by atoms with Crippen molar-refractivity contribution in [3.05, 3.63) is 36.0 Å². The van der Waals surface area contributed by atoms with Gasteiger partial charge in [-0.3, -0.25) is 0 Å². The molecule has 134 valence electrons.